The van der Waals surface area contributed by atoms with Crippen LogP contribution in [0.15, 0.2) is 78.5 Å². The molecular weight excluding hydrogens is 401 g/mol. The van der Waals surface area contributed by atoms with E-state index in [1.165, 1.54) is 25.3 Å². The Morgan fingerprint density at radius 3 is 2.45 bits per heavy atom. The first-order chi connectivity index (χ1) is 15.0. The third kappa shape index (κ3) is 5.93. The molecule has 6 nitrogen and oxygen atoms in total. The lowest BCUT2D eigenvalue weighted by Crippen LogP contribution is -2.27. The number of hydrogen-bond acceptors (Lipinski definition) is 4. The number of rotatable bonds is 8. The Morgan fingerprint density at radius 2 is 1.77 bits per heavy atom. The van der Waals surface area contributed by atoms with Gasteiger partial charge in [0.1, 0.15) is 18.1 Å². The first kappa shape index (κ1) is 21.6. The van der Waals surface area contributed by atoms with Crippen LogP contribution in [0.2, 0.25) is 0 Å². The third-order valence-electron chi connectivity index (χ3n) is 4.30. The van der Waals surface area contributed by atoms with Crippen molar-refractivity contribution in [2.24, 2.45) is 0 Å². The number of ether oxygens (including phenoxy) is 2. The van der Waals surface area contributed by atoms with E-state index in [1.807, 2.05) is 0 Å². The zero-order valence-corrected chi connectivity index (χ0v) is 16.7. The Labute approximate surface area is 178 Å². The summed E-state index contributed by atoms with van der Waals surface area (Å²) in [6.07, 6.45) is 1.32. The maximum atomic E-state index is 13.3. The van der Waals surface area contributed by atoms with Crippen LogP contribution in [0.3, 0.4) is 0 Å². The maximum absolute atomic E-state index is 13.3. The molecule has 0 aliphatic carbocycles. The normalized spacial score (nSPS) is 11.0. The van der Waals surface area contributed by atoms with E-state index >= 15 is 0 Å². The van der Waals surface area contributed by atoms with E-state index < -0.39 is 11.9 Å². The van der Waals surface area contributed by atoms with Crippen molar-refractivity contribution in [2.75, 3.05) is 7.11 Å². The molecule has 0 aromatic heterocycles. The van der Waals surface area contributed by atoms with Gasteiger partial charge in [-0.2, -0.15) is 0 Å². The Balaban J connectivity index is 1.78. The molecule has 7 heteroatoms. The third-order valence-corrected chi connectivity index (χ3v) is 4.30. The lowest BCUT2D eigenvalue weighted by Gasteiger charge is -2.12. The summed E-state index contributed by atoms with van der Waals surface area (Å²) in [5, 5.41) is 11.9. The second kappa shape index (κ2) is 10.1. The molecule has 31 heavy (non-hydrogen) atoms. The van der Waals surface area contributed by atoms with Crippen LogP contribution in [0.5, 0.6) is 11.5 Å². The van der Waals surface area contributed by atoms with E-state index in [9.17, 15) is 19.1 Å². The monoisotopic (exact) mass is 421 g/mol. The molecule has 3 rings (SSSR count). The number of halogens is 1. The summed E-state index contributed by atoms with van der Waals surface area (Å²) >= 11 is 0. The largest absolute Gasteiger partial charge is 0.493 e. The Hall–Kier alpha value is -4.13. The summed E-state index contributed by atoms with van der Waals surface area (Å²) in [4.78, 5) is 23.9. The summed E-state index contributed by atoms with van der Waals surface area (Å²) in [6.45, 7) is 0.136. The van der Waals surface area contributed by atoms with Gasteiger partial charge in [-0.1, -0.05) is 36.4 Å². The van der Waals surface area contributed by atoms with E-state index in [2.05, 4.69) is 5.32 Å². The molecule has 3 aromatic rings. The summed E-state index contributed by atoms with van der Waals surface area (Å²) < 4.78 is 24.3. The standard InChI is InChI=1S/C24H20FNO5/c1-30-22-14-16(10-11-21(22)31-15-17-6-5-9-19(25)12-17)13-20(24(28)29)26-23(27)18-7-3-2-4-8-18/h2-14H,15H2,1H3,(H,26,27)(H,28,29). The first-order valence-electron chi connectivity index (χ1n) is 9.33. The molecule has 0 unspecified atom stereocenters. The number of carboxylic acid groups (broad SMARTS) is 1. The zero-order valence-electron chi connectivity index (χ0n) is 16.7. The van der Waals surface area contributed by atoms with E-state index in [0.717, 1.165) is 0 Å². The minimum atomic E-state index is -1.28. The molecule has 0 spiro atoms. The molecule has 1 amide bonds. The van der Waals surface area contributed by atoms with Gasteiger partial charge in [0.15, 0.2) is 11.5 Å². The number of carbonyl (C=O) groups is 2. The second-order valence-corrected chi connectivity index (χ2v) is 6.51. The molecule has 0 atom stereocenters. The van der Waals surface area contributed by atoms with Crippen molar-refractivity contribution in [2.45, 2.75) is 6.61 Å². The van der Waals surface area contributed by atoms with Gasteiger partial charge in [-0.25, -0.2) is 9.18 Å². The van der Waals surface area contributed by atoms with Crippen LogP contribution in [0.1, 0.15) is 21.5 Å². The van der Waals surface area contributed by atoms with E-state index in [0.29, 0.717) is 28.2 Å². The number of methoxy groups -OCH3 is 1. The van der Waals surface area contributed by atoms with Gasteiger partial charge in [-0.3, -0.25) is 4.79 Å². The Morgan fingerprint density at radius 1 is 1.00 bits per heavy atom. The molecule has 0 aliphatic heterocycles. The quantitative estimate of drug-likeness (QED) is 0.531. The first-order valence-corrected chi connectivity index (χ1v) is 9.33. The van der Waals surface area contributed by atoms with Gasteiger partial charge in [0, 0.05) is 5.56 Å². The highest BCUT2D eigenvalue weighted by Gasteiger charge is 2.14. The highest BCUT2D eigenvalue weighted by Crippen LogP contribution is 2.29. The number of carbonyl (C=O) groups excluding carboxylic acids is 1. The molecule has 0 radical (unpaired) electrons. The minimum absolute atomic E-state index is 0.136. The van der Waals surface area contributed by atoms with Crippen LogP contribution in [0.4, 0.5) is 4.39 Å². The topological polar surface area (TPSA) is 84.9 Å². The SMILES string of the molecule is COc1cc(C=C(NC(=O)c2ccccc2)C(=O)O)ccc1OCc1cccc(F)c1. The Bertz CT molecular complexity index is 1110. The van der Waals surface area contributed by atoms with Crippen LogP contribution >= 0.6 is 0 Å². The van der Waals surface area contributed by atoms with Gasteiger partial charge in [0.2, 0.25) is 0 Å². The van der Waals surface area contributed by atoms with Gasteiger partial charge in [-0.15, -0.1) is 0 Å². The van der Waals surface area contributed by atoms with Gasteiger partial charge in [-0.05, 0) is 53.6 Å². The minimum Gasteiger partial charge on any atom is -0.493 e. The van der Waals surface area contributed by atoms with E-state index in [-0.39, 0.29) is 18.1 Å². The molecule has 158 valence electrons. The highest BCUT2D eigenvalue weighted by atomic mass is 19.1. The number of aliphatic carboxylic acids is 1. The molecule has 0 bridgehead atoms. The predicted octanol–water partition coefficient (Wildman–Crippen LogP) is 4.27. The van der Waals surface area contributed by atoms with Crippen LogP contribution in [0.25, 0.3) is 6.08 Å². The molecule has 0 heterocycles. The average molecular weight is 421 g/mol. The summed E-state index contributed by atoms with van der Waals surface area (Å²) in [5.41, 5.74) is 1.20. The number of carboxylic acids is 1. The fourth-order valence-corrected chi connectivity index (χ4v) is 2.78. The summed E-state index contributed by atoms with van der Waals surface area (Å²) in [7, 11) is 1.45. The van der Waals surface area contributed by atoms with Crippen molar-refractivity contribution in [3.05, 3.63) is 101 Å². The number of nitrogens with one attached hydrogen (secondary N) is 1. The van der Waals surface area contributed by atoms with Crippen molar-refractivity contribution in [3.63, 3.8) is 0 Å². The van der Waals surface area contributed by atoms with Gasteiger partial charge >= 0.3 is 5.97 Å². The van der Waals surface area contributed by atoms with Gasteiger partial charge < -0.3 is 19.9 Å². The van der Waals surface area contributed by atoms with Crippen LogP contribution in [0, 0.1) is 5.82 Å². The molecule has 0 aliphatic rings. The highest BCUT2D eigenvalue weighted by molar-refractivity contribution is 6.02. The number of benzene rings is 3. The summed E-state index contributed by atoms with van der Waals surface area (Å²) in [6, 6.07) is 19.2. The van der Waals surface area contributed by atoms with Crippen LogP contribution < -0.4 is 14.8 Å². The summed E-state index contributed by atoms with van der Waals surface area (Å²) in [5.74, 6) is -1.39. The van der Waals surface area contributed by atoms with Gasteiger partial charge in [0.25, 0.3) is 5.91 Å². The number of hydrogen-bond donors (Lipinski definition) is 2. The molecule has 2 N–H and O–H groups in total. The zero-order chi connectivity index (χ0) is 22.2. The fourth-order valence-electron chi connectivity index (χ4n) is 2.78. The molecular formula is C24H20FNO5. The van der Waals surface area contributed by atoms with Crippen LogP contribution in [-0.2, 0) is 11.4 Å². The van der Waals surface area contributed by atoms with Crippen molar-refractivity contribution >= 4 is 18.0 Å². The lowest BCUT2D eigenvalue weighted by atomic mass is 10.1. The fraction of sp³-hybridized carbons (Fsp3) is 0.0833. The second-order valence-electron chi connectivity index (χ2n) is 6.51. The van der Waals surface area contributed by atoms with Crippen LogP contribution in [-0.4, -0.2) is 24.1 Å². The average Bonchev–Trinajstić information content (AvgIpc) is 2.78. The van der Waals surface area contributed by atoms with Crippen molar-refractivity contribution in [1.29, 1.82) is 0 Å². The maximum Gasteiger partial charge on any atom is 0.352 e. The molecule has 3 aromatic carbocycles. The smallest absolute Gasteiger partial charge is 0.352 e. The number of amides is 1. The van der Waals surface area contributed by atoms with Crippen molar-refractivity contribution in [1.82, 2.24) is 5.32 Å². The Kier molecular flexibility index (Phi) is 7.01. The molecule has 0 saturated heterocycles. The van der Waals surface area contributed by atoms with E-state index in [1.54, 1.807) is 60.7 Å². The molecule has 0 fully saturated rings. The lowest BCUT2D eigenvalue weighted by molar-refractivity contribution is -0.132. The van der Waals surface area contributed by atoms with Crippen molar-refractivity contribution in [3.8, 4) is 11.5 Å². The van der Waals surface area contributed by atoms with Gasteiger partial charge in [0.05, 0.1) is 7.11 Å². The van der Waals surface area contributed by atoms with E-state index in [4.69, 9.17) is 9.47 Å². The predicted molar refractivity (Wildman–Crippen MR) is 113 cm³/mol. The molecule has 0 saturated carbocycles. The van der Waals surface area contributed by atoms with Crippen molar-refractivity contribution < 1.29 is 28.6 Å².